The summed E-state index contributed by atoms with van der Waals surface area (Å²) in [6.45, 7) is 6.81. The molecule has 4 radical (unpaired) electrons. The van der Waals surface area contributed by atoms with Crippen molar-refractivity contribution in [3.63, 3.8) is 0 Å². The second-order valence-electron chi connectivity index (χ2n) is 4.36. The van der Waals surface area contributed by atoms with E-state index in [1.807, 2.05) is 0 Å². The molecule has 3 heteroatoms. The Morgan fingerprint density at radius 3 is 1.22 bits per heavy atom. The Kier molecular flexibility index (Phi) is 12.6. The summed E-state index contributed by atoms with van der Waals surface area (Å²) in [6, 6.07) is 21.6. The second kappa shape index (κ2) is 11.9. The molecule has 0 N–H and O–H groups in total. The topological polar surface area (TPSA) is 0 Å². The first kappa shape index (κ1) is 19.1. The molecule has 0 unspecified atom stereocenters. The Bertz CT molecular complexity index is 363. The molecule has 0 spiro atoms. The monoisotopic (exact) mass is 386 g/mol. The summed E-state index contributed by atoms with van der Waals surface area (Å²) in [4.78, 5) is 0. The fourth-order valence-electron chi connectivity index (χ4n) is 1.21. The first-order chi connectivity index (χ1) is 8.18. The van der Waals surface area contributed by atoms with Gasteiger partial charge in [0.25, 0.3) is 0 Å². The molecule has 2 aromatic rings. The first-order valence-corrected chi connectivity index (χ1v) is 11.7. The summed E-state index contributed by atoms with van der Waals surface area (Å²) in [5.74, 6) is 0. The molecule has 0 aliphatic carbocycles. The van der Waals surface area contributed by atoms with Crippen LogP contribution in [0.15, 0.2) is 60.7 Å². The number of hydrogen-bond acceptors (Lipinski definition) is 0. The molecule has 2 aromatic carbocycles. The minimum atomic E-state index is -0.517. The van der Waals surface area contributed by atoms with Crippen molar-refractivity contribution in [3.8, 4) is 0 Å². The van der Waals surface area contributed by atoms with Crippen molar-refractivity contribution >= 4 is 88.5 Å². The Morgan fingerprint density at radius 1 is 0.667 bits per heavy atom. The van der Waals surface area contributed by atoms with Crippen molar-refractivity contribution in [2.24, 2.45) is 0 Å². The van der Waals surface area contributed by atoms with E-state index in [1.54, 1.807) is 0 Å². The van der Waals surface area contributed by atoms with Gasteiger partial charge in [-0.3, -0.25) is 0 Å². The van der Waals surface area contributed by atoms with Gasteiger partial charge in [0.2, 0.25) is 0 Å². The van der Waals surface area contributed by atoms with E-state index in [9.17, 15) is 0 Å². The molecular formula is C15H19KSiSn. The van der Waals surface area contributed by atoms with Gasteiger partial charge < -0.3 is 0 Å². The maximum atomic E-state index is 2.27. The molecular weight excluding hydrogens is 366 g/mol. The van der Waals surface area contributed by atoms with E-state index >= 15 is 0 Å². The SMILES string of the molecule is C[Si](C)C.[K].c1cc[c]([Sn][c]2ccccc2)cc1. The van der Waals surface area contributed by atoms with Crippen LogP contribution in [0.25, 0.3) is 0 Å². The molecule has 2 rings (SSSR count). The molecule has 0 aromatic heterocycles. The van der Waals surface area contributed by atoms with Gasteiger partial charge in [-0.1, -0.05) is 19.6 Å². The van der Waals surface area contributed by atoms with Gasteiger partial charge in [0.15, 0.2) is 0 Å². The zero-order chi connectivity index (χ0) is 12.5. The Hall–Kier alpha value is 1.09. The fourth-order valence-corrected chi connectivity index (χ4v) is 4.21. The summed E-state index contributed by atoms with van der Waals surface area (Å²) in [7, 11) is 0.120. The zero-order valence-electron chi connectivity index (χ0n) is 11.8. The summed E-state index contributed by atoms with van der Waals surface area (Å²) in [5, 5.41) is 0. The van der Waals surface area contributed by atoms with Crippen LogP contribution in [0.3, 0.4) is 0 Å². The summed E-state index contributed by atoms with van der Waals surface area (Å²) < 4.78 is 3.08. The average molecular weight is 385 g/mol. The van der Waals surface area contributed by atoms with E-state index < -0.39 is 21.1 Å². The van der Waals surface area contributed by atoms with Gasteiger partial charge in [-0.25, -0.2) is 0 Å². The van der Waals surface area contributed by atoms with E-state index in [0.29, 0.717) is 0 Å². The van der Waals surface area contributed by atoms with Crippen LogP contribution in [0, 0.1) is 0 Å². The number of benzene rings is 2. The summed E-state index contributed by atoms with van der Waals surface area (Å²) in [6.07, 6.45) is 0. The van der Waals surface area contributed by atoms with Crippen LogP contribution in [0.2, 0.25) is 19.6 Å². The van der Waals surface area contributed by atoms with Gasteiger partial charge in [0.1, 0.15) is 0 Å². The summed E-state index contributed by atoms with van der Waals surface area (Å²) >= 11 is -0.517. The molecule has 0 atom stereocenters. The van der Waals surface area contributed by atoms with E-state index in [0.717, 1.165) is 0 Å². The normalized spacial score (nSPS) is 9.11. The van der Waals surface area contributed by atoms with Crippen LogP contribution < -0.4 is 7.16 Å². The first-order valence-electron chi connectivity index (χ1n) is 5.82. The quantitative estimate of drug-likeness (QED) is 0.697. The van der Waals surface area contributed by atoms with E-state index in [1.165, 1.54) is 7.16 Å². The van der Waals surface area contributed by atoms with E-state index in [-0.39, 0.29) is 60.2 Å². The molecule has 0 saturated carbocycles. The molecule has 18 heavy (non-hydrogen) atoms. The maximum absolute atomic E-state index is 2.27. The molecule has 0 bridgehead atoms. The molecule has 0 aliphatic heterocycles. The van der Waals surface area contributed by atoms with Crippen molar-refractivity contribution in [1.29, 1.82) is 0 Å². The third kappa shape index (κ3) is 9.95. The van der Waals surface area contributed by atoms with E-state index in [4.69, 9.17) is 0 Å². The molecule has 0 nitrogen and oxygen atoms in total. The summed E-state index contributed by atoms with van der Waals surface area (Å²) in [5.41, 5.74) is 0. The van der Waals surface area contributed by atoms with Crippen molar-refractivity contribution in [3.05, 3.63) is 60.7 Å². The molecule has 88 valence electrons. The van der Waals surface area contributed by atoms with Crippen molar-refractivity contribution in [2.75, 3.05) is 0 Å². The van der Waals surface area contributed by atoms with Crippen LogP contribution in [0.4, 0.5) is 0 Å². The second-order valence-corrected chi connectivity index (χ2v) is 11.4. The van der Waals surface area contributed by atoms with Gasteiger partial charge >= 0.3 is 89.0 Å². The van der Waals surface area contributed by atoms with Crippen LogP contribution in [-0.4, -0.2) is 81.3 Å². The number of rotatable bonds is 2. The van der Waals surface area contributed by atoms with Gasteiger partial charge in [-0.2, -0.15) is 0 Å². The fraction of sp³-hybridized carbons (Fsp3) is 0.200. The Labute approximate surface area is 166 Å². The standard InChI is InChI=1S/2C6H5.C3H9Si.K.Sn/c2*1-2-4-6-5-3-1;1-4(2)3;;/h2*1-5H;1-3H3;;. The van der Waals surface area contributed by atoms with Crippen LogP contribution >= 0.6 is 0 Å². The molecule has 0 heterocycles. The van der Waals surface area contributed by atoms with Crippen LogP contribution in [-0.2, 0) is 0 Å². The van der Waals surface area contributed by atoms with Crippen molar-refractivity contribution in [2.45, 2.75) is 19.6 Å². The molecule has 0 fully saturated rings. The molecule has 0 amide bonds. The van der Waals surface area contributed by atoms with Gasteiger partial charge in [-0.15, -0.1) is 0 Å². The average Bonchev–Trinajstić information content (AvgIpc) is 2.31. The van der Waals surface area contributed by atoms with Crippen molar-refractivity contribution < 1.29 is 0 Å². The Morgan fingerprint density at radius 2 is 0.944 bits per heavy atom. The van der Waals surface area contributed by atoms with Gasteiger partial charge in [0.05, 0.1) is 0 Å². The minimum absolute atomic E-state index is 0. The molecule has 0 aliphatic rings. The molecule has 0 saturated heterocycles. The predicted molar refractivity (Wildman–Crippen MR) is 87.0 cm³/mol. The Balaban J connectivity index is 0.000000512. The number of hydrogen-bond donors (Lipinski definition) is 0. The predicted octanol–water partition coefficient (Wildman–Crippen LogP) is 2.33. The van der Waals surface area contributed by atoms with Crippen LogP contribution in [0.5, 0.6) is 0 Å². The van der Waals surface area contributed by atoms with Crippen LogP contribution in [0.1, 0.15) is 0 Å². The van der Waals surface area contributed by atoms with E-state index in [2.05, 4.69) is 80.3 Å². The third-order valence-electron chi connectivity index (χ3n) is 1.84. The van der Waals surface area contributed by atoms with Gasteiger partial charge in [-0.05, 0) is 0 Å². The third-order valence-corrected chi connectivity index (χ3v) is 5.39. The zero-order valence-corrected chi connectivity index (χ0v) is 18.8. The van der Waals surface area contributed by atoms with Gasteiger partial charge in [0, 0.05) is 60.2 Å². The van der Waals surface area contributed by atoms with Crippen molar-refractivity contribution in [1.82, 2.24) is 0 Å².